The summed E-state index contributed by atoms with van der Waals surface area (Å²) in [4.78, 5) is 0. The Kier molecular flexibility index (Phi) is 5.30. The van der Waals surface area contributed by atoms with E-state index < -0.39 is 18.9 Å². The summed E-state index contributed by atoms with van der Waals surface area (Å²) in [5.41, 5.74) is 0.247. The molecule has 2 aromatic rings. The Balaban J connectivity index is 1.85. The molecule has 1 aliphatic heterocycles. The maximum absolute atomic E-state index is 13.1. The molecule has 1 aliphatic rings. The molecule has 0 amide bonds. The van der Waals surface area contributed by atoms with Crippen LogP contribution in [0.25, 0.3) is 0 Å². The van der Waals surface area contributed by atoms with Crippen molar-refractivity contribution in [1.29, 1.82) is 0 Å². The molecule has 1 heterocycles. The van der Waals surface area contributed by atoms with E-state index in [-0.39, 0.29) is 17.5 Å². The molecule has 1 saturated heterocycles. The van der Waals surface area contributed by atoms with Gasteiger partial charge in [0.2, 0.25) is 0 Å². The minimum Gasteiger partial charge on any atom is -0.489 e. The third kappa shape index (κ3) is 4.59. The van der Waals surface area contributed by atoms with Crippen molar-refractivity contribution < 1.29 is 27.2 Å². The van der Waals surface area contributed by atoms with Crippen LogP contribution >= 0.6 is 0 Å². The Bertz CT molecular complexity index is 737. The average molecular weight is 364 g/mol. The van der Waals surface area contributed by atoms with E-state index in [0.29, 0.717) is 19.0 Å². The molecule has 0 saturated carbocycles. The van der Waals surface area contributed by atoms with Crippen molar-refractivity contribution in [2.45, 2.75) is 26.6 Å². The fraction of sp³-hybridized carbons (Fsp3) is 0.368. The van der Waals surface area contributed by atoms with Crippen LogP contribution < -0.4 is 10.2 Å². The van der Waals surface area contributed by atoms with Gasteiger partial charge in [-0.1, -0.05) is 44.2 Å². The number of hydrogen-bond donors (Lipinski definition) is 0. The zero-order chi connectivity index (χ0) is 18.8. The standard InChI is InChI=1S/C19H20BF3O3/c1-18(2)12-25-20(26-13-18)16-10-15(19(21,22)23)8-9-17(16)24-11-14-6-4-3-5-7-14/h3-10H,11-13H2,1-2H3. The number of alkyl halides is 3. The lowest BCUT2D eigenvalue weighted by Gasteiger charge is -2.33. The molecule has 0 unspecified atom stereocenters. The summed E-state index contributed by atoms with van der Waals surface area (Å²) in [7, 11) is -0.879. The van der Waals surface area contributed by atoms with Gasteiger partial charge in [-0.15, -0.1) is 0 Å². The summed E-state index contributed by atoms with van der Waals surface area (Å²) in [6.45, 7) is 4.99. The molecule has 26 heavy (non-hydrogen) atoms. The van der Waals surface area contributed by atoms with Gasteiger partial charge in [-0.25, -0.2) is 0 Å². The van der Waals surface area contributed by atoms with Crippen LogP contribution in [0, 0.1) is 5.41 Å². The van der Waals surface area contributed by atoms with Gasteiger partial charge in [0.25, 0.3) is 0 Å². The van der Waals surface area contributed by atoms with Crippen molar-refractivity contribution in [1.82, 2.24) is 0 Å². The van der Waals surface area contributed by atoms with Crippen molar-refractivity contribution in [3.05, 3.63) is 59.7 Å². The summed E-state index contributed by atoms with van der Waals surface area (Å²) in [5.74, 6) is 0.326. The number of rotatable bonds is 4. The largest absolute Gasteiger partial charge is 0.497 e. The highest BCUT2D eigenvalue weighted by molar-refractivity contribution is 6.62. The molecule has 3 rings (SSSR count). The fourth-order valence-corrected chi connectivity index (χ4v) is 2.65. The van der Waals surface area contributed by atoms with Gasteiger partial charge in [0.1, 0.15) is 12.4 Å². The number of ether oxygens (including phenoxy) is 1. The Hall–Kier alpha value is -1.99. The number of halogens is 3. The molecule has 0 atom stereocenters. The molecule has 0 aromatic heterocycles. The van der Waals surface area contributed by atoms with Gasteiger partial charge in [0.05, 0.1) is 5.56 Å². The first-order valence-electron chi connectivity index (χ1n) is 8.36. The highest BCUT2D eigenvalue weighted by Crippen LogP contribution is 2.31. The smallest absolute Gasteiger partial charge is 0.489 e. The zero-order valence-corrected chi connectivity index (χ0v) is 14.7. The van der Waals surface area contributed by atoms with Crippen LogP contribution in [0.4, 0.5) is 13.2 Å². The zero-order valence-electron chi connectivity index (χ0n) is 14.7. The van der Waals surface area contributed by atoms with E-state index >= 15 is 0 Å². The SMILES string of the molecule is CC1(C)COB(c2cc(C(F)(F)F)ccc2OCc2ccccc2)OC1. The molecule has 1 fully saturated rings. The van der Waals surface area contributed by atoms with Gasteiger partial charge >= 0.3 is 13.3 Å². The van der Waals surface area contributed by atoms with Gasteiger partial charge in [-0.2, -0.15) is 13.2 Å². The number of hydrogen-bond acceptors (Lipinski definition) is 3. The minimum absolute atomic E-state index is 0.177. The van der Waals surface area contributed by atoms with Crippen molar-refractivity contribution in [3.63, 3.8) is 0 Å². The summed E-state index contributed by atoms with van der Waals surface area (Å²) in [5, 5.41) is 0. The van der Waals surface area contributed by atoms with E-state index in [1.54, 1.807) is 0 Å². The van der Waals surface area contributed by atoms with Gasteiger partial charge in [0.15, 0.2) is 0 Å². The summed E-state index contributed by atoms with van der Waals surface area (Å²) in [6.07, 6.45) is -4.44. The molecular formula is C19H20BF3O3. The molecule has 0 aliphatic carbocycles. The molecule has 0 bridgehead atoms. The van der Waals surface area contributed by atoms with Crippen molar-refractivity contribution in [2.75, 3.05) is 13.2 Å². The van der Waals surface area contributed by atoms with E-state index in [1.807, 2.05) is 44.2 Å². The quantitative estimate of drug-likeness (QED) is 0.766. The van der Waals surface area contributed by atoms with Gasteiger partial charge < -0.3 is 14.0 Å². The van der Waals surface area contributed by atoms with E-state index in [2.05, 4.69) is 0 Å². The predicted molar refractivity (Wildman–Crippen MR) is 93.3 cm³/mol. The maximum atomic E-state index is 13.1. The average Bonchev–Trinajstić information content (AvgIpc) is 2.60. The van der Waals surface area contributed by atoms with Crippen LogP contribution in [0.15, 0.2) is 48.5 Å². The lowest BCUT2D eigenvalue weighted by Crippen LogP contribution is -2.48. The lowest BCUT2D eigenvalue weighted by molar-refractivity contribution is -0.137. The van der Waals surface area contributed by atoms with Crippen LogP contribution in [-0.4, -0.2) is 20.3 Å². The molecule has 0 N–H and O–H groups in total. The molecular weight excluding hydrogens is 344 g/mol. The van der Waals surface area contributed by atoms with Gasteiger partial charge in [-0.3, -0.25) is 0 Å². The first-order valence-corrected chi connectivity index (χ1v) is 8.36. The van der Waals surface area contributed by atoms with Crippen molar-refractivity contribution in [3.8, 4) is 5.75 Å². The second-order valence-electron chi connectivity index (χ2n) is 7.14. The Morgan fingerprint density at radius 1 is 1.04 bits per heavy atom. The predicted octanol–water partition coefficient (Wildman–Crippen LogP) is 4.05. The first kappa shape index (κ1) is 18.8. The summed E-state index contributed by atoms with van der Waals surface area (Å²) in [6, 6.07) is 12.8. The topological polar surface area (TPSA) is 27.7 Å². The minimum atomic E-state index is -4.44. The molecule has 3 nitrogen and oxygen atoms in total. The normalized spacial score (nSPS) is 17.2. The second kappa shape index (κ2) is 7.33. The van der Waals surface area contributed by atoms with Gasteiger partial charge in [-0.05, 0) is 23.8 Å². The van der Waals surface area contributed by atoms with E-state index in [4.69, 9.17) is 14.0 Å². The maximum Gasteiger partial charge on any atom is 0.497 e. The highest BCUT2D eigenvalue weighted by atomic mass is 19.4. The van der Waals surface area contributed by atoms with Crippen LogP contribution in [0.5, 0.6) is 5.75 Å². The van der Waals surface area contributed by atoms with Crippen LogP contribution in [0.2, 0.25) is 0 Å². The second-order valence-corrected chi connectivity index (χ2v) is 7.14. The molecule has 0 spiro atoms. The first-order chi connectivity index (χ1) is 12.2. The lowest BCUT2D eigenvalue weighted by atomic mass is 9.74. The van der Waals surface area contributed by atoms with E-state index in [0.717, 1.165) is 17.7 Å². The third-order valence-corrected chi connectivity index (χ3v) is 4.08. The Morgan fingerprint density at radius 3 is 2.31 bits per heavy atom. The van der Waals surface area contributed by atoms with Crippen LogP contribution in [0.3, 0.4) is 0 Å². The molecule has 2 aromatic carbocycles. The van der Waals surface area contributed by atoms with Crippen molar-refractivity contribution >= 4 is 12.6 Å². The highest BCUT2D eigenvalue weighted by Gasteiger charge is 2.38. The van der Waals surface area contributed by atoms with E-state index in [9.17, 15) is 13.2 Å². The number of benzene rings is 2. The van der Waals surface area contributed by atoms with E-state index in [1.165, 1.54) is 6.07 Å². The Labute approximate surface area is 151 Å². The van der Waals surface area contributed by atoms with Crippen molar-refractivity contribution in [2.24, 2.45) is 5.41 Å². The van der Waals surface area contributed by atoms with Gasteiger partial charge in [0, 0.05) is 24.1 Å². The summed E-state index contributed by atoms with van der Waals surface area (Å²) < 4.78 is 56.5. The molecule has 0 radical (unpaired) electrons. The third-order valence-electron chi connectivity index (χ3n) is 4.08. The molecule has 138 valence electrons. The van der Waals surface area contributed by atoms with Crippen LogP contribution in [0.1, 0.15) is 25.0 Å². The van der Waals surface area contributed by atoms with Crippen LogP contribution in [-0.2, 0) is 22.1 Å². The summed E-state index contributed by atoms with van der Waals surface area (Å²) >= 11 is 0. The Morgan fingerprint density at radius 2 is 1.69 bits per heavy atom. The fourth-order valence-electron chi connectivity index (χ4n) is 2.65. The monoisotopic (exact) mass is 364 g/mol. The molecule has 7 heteroatoms.